The number of aliphatic hydroxyl groups is 1. The highest BCUT2D eigenvalue weighted by atomic mass is 32.1. The molecule has 39 heavy (non-hydrogen) atoms. The molecule has 2 aromatic rings. The van der Waals surface area contributed by atoms with Crippen LogP contribution >= 0.6 is 11.3 Å². The topological polar surface area (TPSA) is 87.1 Å². The Morgan fingerprint density at radius 1 is 1.08 bits per heavy atom. The molecule has 1 amide bonds. The van der Waals surface area contributed by atoms with E-state index < -0.39 is 11.6 Å². The maximum atomic E-state index is 14.1. The molecule has 0 unspecified atom stereocenters. The van der Waals surface area contributed by atoms with E-state index in [0.29, 0.717) is 47.9 Å². The van der Waals surface area contributed by atoms with Gasteiger partial charge in [-0.2, -0.15) is 0 Å². The van der Waals surface area contributed by atoms with Crippen molar-refractivity contribution in [1.82, 2.24) is 0 Å². The first-order valence-corrected chi connectivity index (χ1v) is 14.9. The lowest BCUT2D eigenvalue weighted by Gasteiger charge is -2.42. The highest BCUT2D eigenvalue weighted by Gasteiger charge is 2.41. The van der Waals surface area contributed by atoms with Gasteiger partial charge in [-0.3, -0.25) is 4.79 Å². The van der Waals surface area contributed by atoms with Crippen LogP contribution in [0.3, 0.4) is 0 Å². The molecule has 0 spiro atoms. The van der Waals surface area contributed by atoms with E-state index in [9.17, 15) is 19.8 Å². The minimum Gasteiger partial charge on any atom is -0.491 e. The van der Waals surface area contributed by atoms with Crippen molar-refractivity contribution in [1.29, 1.82) is 0 Å². The fourth-order valence-electron chi connectivity index (χ4n) is 5.50. The van der Waals surface area contributed by atoms with E-state index in [1.807, 2.05) is 51.1 Å². The van der Waals surface area contributed by atoms with Gasteiger partial charge in [0.1, 0.15) is 17.2 Å². The molecule has 0 atom stereocenters. The van der Waals surface area contributed by atoms with E-state index in [0.717, 1.165) is 37.0 Å². The van der Waals surface area contributed by atoms with Gasteiger partial charge in [-0.05, 0) is 96.3 Å². The van der Waals surface area contributed by atoms with Gasteiger partial charge in [-0.1, -0.05) is 37.0 Å². The summed E-state index contributed by atoms with van der Waals surface area (Å²) in [4.78, 5) is 29.0. The van der Waals surface area contributed by atoms with E-state index in [1.54, 1.807) is 11.0 Å². The first-order chi connectivity index (χ1) is 18.4. The number of carboxylic acid groups (broad SMARTS) is 1. The predicted molar refractivity (Wildman–Crippen MR) is 155 cm³/mol. The second-order valence-corrected chi connectivity index (χ2v) is 13.4. The van der Waals surface area contributed by atoms with Gasteiger partial charge in [0.2, 0.25) is 5.91 Å². The molecule has 0 saturated heterocycles. The standard InChI is InChI=1S/C32H41NO5S/c1-22-10-12-23(13-11-22)29(34)33(27-20-26(16-17-31(2,3)4)39-28(27)30(35)36)24-14-18-32(37,19-15-24)21-38-25-8-6-5-7-9-25/h5-9,20,22-24,37H,10-15,18-19,21H2,1-4H3,(H,35,36)/t22-,23-,24?,32?. The number of para-hydroxylation sites is 1. The maximum absolute atomic E-state index is 14.1. The van der Waals surface area contributed by atoms with Crippen LogP contribution in [0.25, 0.3) is 0 Å². The molecule has 2 N–H and O–H groups in total. The molecule has 2 aliphatic rings. The number of nitrogens with zero attached hydrogens (tertiary/aromatic N) is 1. The second-order valence-electron chi connectivity index (χ2n) is 12.4. The first kappa shape index (κ1) is 29.2. The molecule has 2 saturated carbocycles. The fraction of sp³-hybridized carbons (Fsp3) is 0.562. The van der Waals surface area contributed by atoms with Crippen LogP contribution < -0.4 is 9.64 Å². The SMILES string of the molecule is CC(C)(C)C#Cc1cc(N(C(=O)[C@H]2CC[C@H](C)CC2)C2CCC(O)(COc3ccccc3)CC2)c(C(=O)O)s1. The van der Waals surface area contributed by atoms with Crippen molar-refractivity contribution in [3.05, 3.63) is 46.2 Å². The highest BCUT2D eigenvalue weighted by molar-refractivity contribution is 7.15. The number of hydrogen-bond acceptors (Lipinski definition) is 5. The number of amides is 1. The molecular formula is C32H41NO5S. The van der Waals surface area contributed by atoms with Gasteiger partial charge in [0.25, 0.3) is 0 Å². The molecule has 4 rings (SSSR count). The molecule has 0 bridgehead atoms. The van der Waals surface area contributed by atoms with Crippen LogP contribution in [0.2, 0.25) is 0 Å². The summed E-state index contributed by atoms with van der Waals surface area (Å²) in [5, 5.41) is 21.4. The Morgan fingerprint density at radius 2 is 1.72 bits per heavy atom. The molecule has 7 heteroatoms. The Hall–Kier alpha value is -2.82. The van der Waals surface area contributed by atoms with Crippen molar-refractivity contribution >= 4 is 28.9 Å². The average Bonchev–Trinajstić information content (AvgIpc) is 3.33. The van der Waals surface area contributed by atoms with Gasteiger partial charge >= 0.3 is 5.97 Å². The lowest BCUT2D eigenvalue weighted by atomic mass is 9.79. The molecule has 1 aromatic heterocycles. The molecule has 0 aliphatic heterocycles. The molecule has 1 heterocycles. The summed E-state index contributed by atoms with van der Waals surface area (Å²) >= 11 is 1.13. The number of ether oxygens (including phenoxy) is 1. The number of rotatable bonds is 7. The lowest BCUT2D eigenvalue weighted by molar-refractivity contribution is -0.124. The van der Waals surface area contributed by atoms with Crippen LogP contribution in [0.15, 0.2) is 36.4 Å². The van der Waals surface area contributed by atoms with Gasteiger partial charge in [-0.15, -0.1) is 11.3 Å². The van der Waals surface area contributed by atoms with Crippen LogP contribution in [0, 0.1) is 29.1 Å². The molecule has 210 valence electrons. The molecule has 2 fully saturated rings. The third kappa shape index (κ3) is 7.64. The summed E-state index contributed by atoms with van der Waals surface area (Å²) in [5.41, 5.74) is -0.766. The Labute approximate surface area is 236 Å². The van der Waals surface area contributed by atoms with Gasteiger partial charge in [0, 0.05) is 17.4 Å². The van der Waals surface area contributed by atoms with E-state index >= 15 is 0 Å². The number of aromatic carboxylic acids is 1. The second kappa shape index (κ2) is 12.1. The zero-order chi connectivity index (χ0) is 28.2. The minimum absolute atomic E-state index is 0.00788. The maximum Gasteiger partial charge on any atom is 0.348 e. The first-order valence-electron chi connectivity index (χ1n) is 14.1. The summed E-state index contributed by atoms with van der Waals surface area (Å²) in [6.07, 6.45) is 5.73. The number of hydrogen-bond donors (Lipinski definition) is 2. The summed E-state index contributed by atoms with van der Waals surface area (Å²) in [5.74, 6) is 6.49. The van der Waals surface area contributed by atoms with Crippen molar-refractivity contribution in [3.63, 3.8) is 0 Å². The quantitative estimate of drug-likeness (QED) is 0.372. The number of benzene rings is 1. The van der Waals surface area contributed by atoms with E-state index in [-0.39, 0.29) is 34.8 Å². The van der Waals surface area contributed by atoms with Gasteiger partial charge in [-0.25, -0.2) is 4.79 Å². The summed E-state index contributed by atoms with van der Waals surface area (Å²) in [6, 6.07) is 11.0. The summed E-state index contributed by atoms with van der Waals surface area (Å²) < 4.78 is 5.87. The number of carbonyl (C=O) groups is 2. The molecular weight excluding hydrogens is 510 g/mol. The van der Waals surface area contributed by atoms with E-state index in [2.05, 4.69) is 18.8 Å². The van der Waals surface area contributed by atoms with Crippen molar-refractivity contribution in [2.24, 2.45) is 17.3 Å². The Morgan fingerprint density at radius 3 is 2.31 bits per heavy atom. The Bertz CT molecular complexity index is 1200. The number of carboxylic acids is 1. The van der Waals surface area contributed by atoms with E-state index in [4.69, 9.17) is 4.74 Å². The molecule has 0 radical (unpaired) electrons. The summed E-state index contributed by atoms with van der Waals surface area (Å²) in [6.45, 7) is 8.44. The van der Waals surface area contributed by atoms with Crippen molar-refractivity contribution in [2.45, 2.75) is 90.7 Å². The highest BCUT2D eigenvalue weighted by Crippen LogP contribution is 2.40. The number of carbonyl (C=O) groups excluding carboxylic acids is 1. The monoisotopic (exact) mass is 551 g/mol. The zero-order valence-electron chi connectivity index (χ0n) is 23.5. The molecule has 1 aromatic carbocycles. The van der Waals surface area contributed by atoms with Gasteiger partial charge < -0.3 is 19.8 Å². The molecule has 6 nitrogen and oxygen atoms in total. The third-order valence-electron chi connectivity index (χ3n) is 7.83. The summed E-state index contributed by atoms with van der Waals surface area (Å²) in [7, 11) is 0. The Balaban J connectivity index is 1.60. The normalized spacial score (nSPS) is 25.3. The minimum atomic E-state index is -1.04. The van der Waals surface area contributed by atoms with Crippen LogP contribution in [0.1, 0.15) is 93.6 Å². The predicted octanol–water partition coefficient (Wildman–Crippen LogP) is 6.76. The third-order valence-corrected chi connectivity index (χ3v) is 8.86. The van der Waals surface area contributed by atoms with Crippen LogP contribution in [-0.4, -0.2) is 40.3 Å². The largest absolute Gasteiger partial charge is 0.491 e. The Kier molecular flexibility index (Phi) is 9.08. The number of thiophene rings is 1. The lowest BCUT2D eigenvalue weighted by Crippen LogP contribution is -2.50. The van der Waals surface area contributed by atoms with E-state index in [1.165, 1.54) is 0 Å². The number of anilines is 1. The van der Waals surface area contributed by atoms with Gasteiger partial charge in [0.15, 0.2) is 0 Å². The van der Waals surface area contributed by atoms with Crippen LogP contribution in [0.5, 0.6) is 5.75 Å². The van der Waals surface area contributed by atoms with Crippen molar-refractivity contribution in [2.75, 3.05) is 11.5 Å². The van der Waals surface area contributed by atoms with Crippen LogP contribution in [-0.2, 0) is 4.79 Å². The van der Waals surface area contributed by atoms with Crippen molar-refractivity contribution < 1.29 is 24.5 Å². The zero-order valence-corrected chi connectivity index (χ0v) is 24.4. The average molecular weight is 552 g/mol. The smallest absolute Gasteiger partial charge is 0.348 e. The van der Waals surface area contributed by atoms with Crippen LogP contribution in [0.4, 0.5) is 5.69 Å². The van der Waals surface area contributed by atoms with Gasteiger partial charge in [0.05, 0.1) is 16.2 Å². The van der Waals surface area contributed by atoms with Crippen molar-refractivity contribution in [3.8, 4) is 17.6 Å². The molecule has 2 aliphatic carbocycles. The fourth-order valence-corrected chi connectivity index (χ4v) is 6.34.